The van der Waals surface area contributed by atoms with Gasteiger partial charge in [-0.2, -0.15) is 0 Å². The first-order valence-corrected chi connectivity index (χ1v) is 9.86. The van der Waals surface area contributed by atoms with Crippen LogP contribution in [-0.2, 0) is 4.79 Å². The van der Waals surface area contributed by atoms with Gasteiger partial charge in [-0.25, -0.2) is 0 Å². The summed E-state index contributed by atoms with van der Waals surface area (Å²) in [7, 11) is 0. The zero-order valence-electron chi connectivity index (χ0n) is 15.2. The standard InChI is InChI=1S/C20H19N3O4S/c1-13(14-7-3-2-4-8-14)21-18(24)12-28-20-23-22-19(27-20)17-11-25-15-9-5-6-10-16(15)26-17/h2-10,13,17H,11-12H2,1H3,(H,21,24)/t13-,17-/m0/s1. The number of nitrogens with zero attached hydrogens (tertiary/aromatic N) is 2. The summed E-state index contributed by atoms with van der Waals surface area (Å²) in [5.74, 6) is 1.74. The summed E-state index contributed by atoms with van der Waals surface area (Å²) in [5.41, 5.74) is 1.05. The van der Waals surface area contributed by atoms with Crippen molar-refractivity contribution in [3.05, 3.63) is 66.1 Å². The van der Waals surface area contributed by atoms with Gasteiger partial charge in [-0.1, -0.05) is 54.2 Å². The Morgan fingerprint density at radius 1 is 1.14 bits per heavy atom. The summed E-state index contributed by atoms with van der Waals surface area (Å²) >= 11 is 1.19. The van der Waals surface area contributed by atoms with Gasteiger partial charge in [0.1, 0.15) is 6.61 Å². The molecule has 0 aliphatic carbocycles. The lowest BCUT2D eigenvalue weighted by Gasteiger charge is -2.23. The Morgan fingerprint density at radius 3 is 2.71 bits per heavy atom. The predicted octanol–water partition coefficient (Wildman–Crippen LogP) is 3.55. The van der Waals surface area contributed by atoms with E-state index in [0.29, 0.717) is 29.2 Å². The van der Waals surface area contributed by atoms with Crippen molar-refractivity contribution in [2.24, 2.45) is 0 Å². The summed E-state index contributed by atoms with van der Waals surface area (Å²) in [5, 5.41) is 11.3. The van der Waals surface area contributed by atoms with Crippen molar-refractivity contribution in [3.8, 4) is 11.5 Å². The molecule has 3 aromatic rings. The third-order valence-electron chi connectivity index (χ3n) is 4.21. The maximum Gasteiger partial charge on any atom is 0.277 e. The second kappa shape index (κ2) is 8.35. The van der Waals surface area contributed by atoms with Gasteiger partial charge in [-0.15, -0.1) is 10.2 Å². The van der Waals surface area contributed by atoms with Crippen molar-refractivity contribution < 1.29 is 18.7 Å². The highest BCUT2D eigenvalue weighted by molar-refractivity contribution is 7.99. The van der Waals surface area contributed by atoms with E-state index in [1.807, 2.05) is 61.5 Å². The zero-order valence-corrected chi connectivity index (χ0v) is 16.0. The van der Waals surface area contributed by atoms with E-state index >= 15 is 0 Å². The van der Waals surface area contributed by atoms with Gasteiger partial charge in [0.25, 0.3) is 11.1 Å². The fourth-order valence-electron chi connectivity index (χ4n) is 2.79. The number of hydrogen-bond donors (Lipinski definition) is 1. The third kappa shape index (κ3) is 4.28. The number of carbonyl (C=O) groups is 1. The van der Waals surface area contributed by atoms with E-state index in [9.17, 15) is 4.79 Å². The lowest BCUT2D eigenvalue weighted by Crippen LogP contribution is -2.28. The molecule has 1 amide bonds. The van der Waals surface area contributed by atoms with E-state index < -0.39 is 6.10 Å². The van der Waals surface area contributed by atoms with E-state index in [1.165, 1.54) is 11.8 Å². The van der Waals surface area contributed by atoms with Crippen LogP contribution in [0.4, 0.5) is 0 Å². The Labute approximate surface area is 166 Å². The minimum atomic E-state index is -0.469. The van der Waals surface area contributed by atoms with Gasteiger partial charge in [-0.05, 0) is 24.6 Å². The third-order valence-corrected chi connectivity index (χ3v) is 5.03. The van der Waals surface area contributed by atoms with E-state index in [0.717, 1.165) is 5.56 Å². The molecule has 0 radical (unpaired) electrons. The Balaban J connectivity index is 1.30. The highest BCUT2D eigenvalue weighted by Gasteiger charge is 2.27. The second-order valence-corrected chi connectivity index (χ2v) is 7.19. The molecular weight excluding hydrogens is 378 g/mol. The van der Waals surface area contributed by atoms with Crippen LogP contribution in [-0.4, -0.2) is 28.5 Å². The molecule has 0 saturated carbocycles. The molecule has 0 spiro atoms. The molecule has 2 atom stereocenters. The van der Waals surface area contributed by atoms with Crippen molar-refractivity contribution in [1.29, 1.82) is 0 Å². The average molecular weight is 397 g/mol. The maximum atomic E-state index is 12.2. The second-order valence-electron chi connectivity index (χ2n) is 6.26. The average Bonchev–Trinajstić information content (AvgIpc) is 3.21. The van der Waals surface area contributed by atoms with Gasteiger partial charge in [0.2, 0.25) is 12.0 Å². The van der Waals surface area contributed by atoms with Crippen LogP contribution in [0.1, 0.15) is 30.5 Å². The Kier molecular flexibility index (Phi) is 5.48. The molecule has 8 heteroatoms. The summed E-state index contributed by atoms with van der Waals surface area (Å²) < 4.78 is 17.1. The summed E-state index contributed by atoms with van der Waals surface area (Å²) in [6.45, 7) is 2.24. The normalized spacial score (nSPS) is 16.4. The molecule has 2 heterocycles. The molecule has 1 aliphatic heterocycles. The van der Waals surface area contributed by atoms with E-state index in [2.05, 4.69) is 15.5 Å². The maximum absolute atomic E-state index is 12.2. The van der Waals surface area contributed by atoms with E-state index in [-0.39, 0.29) is 17.7 Å². The molecule has 7 nitrogen and oxygen atoms in total. The Hall–Kier alpha value is -3.00. The molecule has 4 rings (SSSR count). The molecule has 2 aromatic carbocycles. The van der Waals surface area contributed by atoms with Crippen LogP contribution in [0.2, 0.25) is 0 Å². The molecule has 28 heavy (non-hydrogen) atoms. The number of benzene rings is 2. The summed E-state index contributed by atoms with van der Waals surface area (Å²) in [6, 6.07) is 17.1. The Morgan fingerprint density at radius 2 is 1.89 bits per heavy atom. The van der Waals surface area contributed by atoms with Gasteiger partial charge in [0.15, 0.2) is 11.5 Å². The van der Waals surface area contributed by atoms with Gasteiger partial charge < -0.3 is 19.2 Å². The van der Waals surface area contributed by atoms with Gasteiger partial charge >= 0.3 is 0 Å². The van der Waals surface area contributed by atoms with Crippen LogP contribution < -0.4 is 14.8 Å². The van der Waals surface area contributed by atoms with Crippen molar-refractivity contribution in [2.75, 3.05) is 12.4 Å². The highest BCUT2D eigenvalue weighted by atomic mass is 32.2. The van der Waals surface area contributed by atoms with Crippen molar-refractivity contribution in [3.63, 3.8) is 0 Å². The smallest absolute Gasteiger partial charge is 0.277 e. The number of thioether (sulfide) groups is 1. The number of nitrogens with one attached hydrogen (secondary N) is 1. The number of amides is 1. The number of hydrogen-bond acceptors (Lipinski definition) is 7. The first kappa shape index (κ1) is 18.4. The number of carbonyl (C=O) groups excluding carboxylic acids is 1. The summed E-state index contributed by atoms with van der Waals surface area (Å²) in [4.78, 5) is 12.2. The van der Waals surface area contributed by atoms with Gasteiger partial charge in [-0.3, -0.25) is 4.79 Å². The SMILES string of the molecule is C[C@H](NC(=O)CSc1nnc([C@@H]2COc3ccccc3O2)o1)c1ccccc1. The van der Waals surface area contributed by atoms with Crippen LogP contribution >= 0.6 is 11.8 Å². The quantitative estimate of drug-likeness (QED) is 0.637. The molecule has 1 N–H and O–H groups in total. The van der Waals surface area contributed by atoms with Crippen molar-refractivity contribution in [2.45, 2.75) is 24.3 Å². The lowest BCUT2D eigenvalue weighted by molar-refractivity contribution is -0.119. The van der Waals surface area contributed by atoms with Crippen LogP contribution in [0.15, 0.2) is 64.2 Å². The van der Waals surface area contributed by atoms with Crippen LogP contribution in [0.25, 0.3) is 0 Å². The van der Waals surface area contributed by atoms with Gasteiger partial charge in [0.05, 0.1) is 11.8 Å². The summed E-state index contributed by atoms with van der Waals surface area (Å²) in [6.07, 6.45) is -0.469. The lowest BCUT2D eigenvalue weighted by atomic mass is 10.1. The number of fused-ring (bicyclic) bond motifs is 1. The molecule has 0 unspecified atom stereocenters. The largest absolute Gasteiger partial charge is 0.485 e. The number of para-hydroxylation sites is 2. The molecular formula is C20H19N3O4S. The van der Waals surface area contributed by atoms with Crippen molar-refractivity contribution >= 4 is 17.7 Å². The van der Waals surface area contributed by atoms with Crippen molar-refractivity contribution in [1.82, 2.24) is 15.5 Å². The molecule has 0 bridgehead atoms. The van der Waals surface area contributed by atoms with Crippen LogP contribution in [0, 0.1) is 0 Å². The fraction of sp³-hybridized carbons (Fsp3) is 0.250. The topological polar surface area (TPSA) is 86.5 Å². The van der Waals surface area contributed by atoms with E-state index in [4.69, 9.17) is 13.9 Å². The highest BCUT2D eigenvalue weighted by Crippen LogP contribution is 2.35. The van der Waals surface area contributed by atoms with Crippen LogP contribution in [0.3, 0.4) is 0 Å². The Bertz CT molecular complexity index is 947. The molecule has 1 aliphatic rings. The molecule has 1 aromatic heterocycles. The van der Waals surface area contributed by atoms with Gasteiger partial charge in [0, 0.05) is 0 Å². The van der Waals surface area contributed by atoms with Crippen LogP contribution in [0.5, 0.6) is 11.5 Å². The van der Waals surface area contributed by atoms with E-state index in [1.54, 1.807) is 0 Å². The minimum Gasteiger partial charge on any atom is -0.485 e. The zero-order chi connectivity index (χ0) is 19.3. The predicted molar refractivity (Wildman–Crippen MR) is 103 cm³/mol. The number of ether oxygens (including phenoxy) is 2. The first-order valence-electron chi connectivity index (χ1n) is 8.88. The fourth-order valence-corrected chi connectivity index (χ4v) is 3.37. The minimum absolute atomic E-state index is 0.0691. The monoisotopic (exact) mass is 397 g/mol. The number of rotatable bonds is 6. The molecule has 0 fully saturated rings. The molecule has 0 saturated heterocycles. The number of aromatic nitrogens is 2. The first-order chi connectivity index (χ1) is 13.7. The molecule has 144 valence electrons.